The van der Waals surface area contributed by atoms with E-state index in [0.29, 0.717) is 6.26 Å². The van der Waals surface area contributed by atoms with E-state index in [0.717, 1.165) is 0 Å². The highest BCUT2D eigenvalue weighted by atomic mass is 32.2. The van der Waals surface area contributed by atoms with Crippen LogP contribution < -0.4 is 0 Å². The first-order valence-corrected chi connectivity index (χ1v) is 4.12. The minimum Gasteiger partial charge on any atom is -0.365 e. The van der Waals surface area contributed by atoms with Crippen molar-refractivity contribution in [2.24, 2.45) is 0 Å². The molecular formula is C4H7NO4S. The number of hydrogen-bond donors (Lipinski definition) is 1. The molecule has 1 heterocycles. The maximum Gasteiger partial charge on any atom is 0.261 e. The molecule has 1 aromatic heterocycles. The van der Waals surface area contributed by atoms with E-state index >= 15 is 0 Å². The lowest BCUT2D eigenvalue weighted by molar-refractivity contribution is 0.420. The second-order valence-electron chi connectivity index (χ2n) is 1.42. The first-order valence-electron chi connectivity index (χ1n) is 2.27. The molecule has 0 bridgehead atoms. The molecule has 0 aromatic carbocycles. The van der Waals surface area contributed by atoms with Gasteiger partial charge in [-0.2, -0.15) is 8.42 Å². The van der Waals surface area contributed by atoms with Gasteiger partial charge in [-0.05, 0) is 6.07 Å². The molecule has 0 radical (unpaired) electrons. The average Bonchev–Trinajstić information content (AvgIpc) is 2.07. The second kappa shape index (κ2) is 4.02. The van der Waals surface area contributed by atoms with E-state index in [-0.39, 0.29) is 0 Å². The van der Waals surface area contributed by atoms with Crippen LogP contribution in [0.3, 0.4) is 0 Å². The molecule has 0 amide bonds. The van der Waals surface area contributed by atoms with Gasteiger partial charge in [0.25, 0.3) is 10.1 Å². The number of rotatable bonds is 0. The molecule has 1 N–H and O–H groups in total. The van der Waals surface area contributed by atoms with Crippen LogP contribution in [0.2, 0.25) is 0 Å². The summed E-state index contributed by atoms with van der Waals surface area (Å²) in [6.45, 7) is 0. The van der Waals surface area contributed by atoms with Crippen molar-refractivity contribution in [1.29, 1.82) is 0 Å². The maximum absolute atomic E-state index is 9.19. The molecular weight excluding hydrogens is 158 g/mol. The fourth-order valence-electron chi connectivity index (χ4n) is 0.176. The summed E-state index contributed by atoms with van der Waals surface area (Å²) in [5.74, 6) is 0. The highest BCUT2D eigenvalue weighted by molar-refractivity contribution is 7.85. The van der Waals surface area contributed by atoms with Crippen molar-refractivity contribution in [1.82, 2.24) is 5.16 Å². The van der Waals surface area contributed by atoms with Crippen LogP contribution in [0.1, 0.15) is 0 Å². The zero-order chi connectivity index (χ0) is 8.04. The topological polar surface area (TPSA) is 80.4 Å². The van der Waals surface area contributed by atoms with Crippen LogP contribution in [0.25, 0.3) is 0 Å². The quantitative estimate of drug-likeness (QED) is 0.554. The molecule has 6 heteroatoms. The lowest BCUT2D eigenvalue weighted by Crippen LogP contribution is -1.88. The Morgan fingerprint density at radius 2 is 2.10 bits per heavy atom. The van der Waals surface area contributed by atoms with Gasteiger partial charge >= 0.3 is 0 Å². The summed E-state index contributed by atoms with van der Waals surface area (Å²) in [7, 11) is -3.67. The molecule has 0 aliphatic carbocycles. The van der Waals surface area contributed by atoms with Crippen molar-refractivity contribution in [2.45, 2.75) is 0 Å². The molecule has 0 saturated heterocycles. The zero-order valence-corrected chi connectivity index (χ0v) is 6.08. The van der Waals surface area contributed by atoms with E-state index in [1.807, 2.05) is 0 Å². The molecule has 0 spiro atoms. The van der Waals surface area contributed by atoms with Gasteiger partial charge in [-0.1, -0.05) is 5.16 Å². The Bertz CT molecular complexity index is 213. The Labute approximate surface area is 58.4 Å². The van der Waals surface area contributed by atoms with Gasteiger partial charge in [0.15, 0.2) is 0 Å². The molecule has 5 nitrogen and oxygen atoms in total. The van der Waals surface area contributed by atoms with Crippen LogP contribution in [-0.2, 0) is 10.1 Å². The minimum atomic E-state index is -3.67. The third kappa shape index (κ3) is 15.7. The van der Waals surface area contributed by atoms with Gasteiger partial charge in [0.05, 0.1) is 12.5 Å². The van der Waals surface area contributed by atoms with Gasteiger partial charge in [-0.25, -0.2) is 0 Å². The summed E-state index contributed by atoms with van der Waals surface area (Å²) in [5.41, 5.74) is 0. The summed E-state index contributed by atoms with van der Waals surface area (Å²) in [6, 6.07) is 1.72. The van der Waals surface area contributed by atoms with Crippen molar-refractivity contribution < 1.29 is 17.5 Å². The largest absolute Gasteiger partial charge is 0.365 e. The van der Waals surface area contributed by atoms with E-state index in [1.165, 1.54) is 6.26 Å². The second-order valence-corrected chi connectivity index (χ2v) is 2.89. The number of hydrogen-bond acceptors (Lipinski definition) is 4. The lowest BCUT2D eigenvalue weighted by Gasteiger charge is -1.69. The molecule has 1 aromatic rings. The molecule has 0 fully saturated rings. The van der Waals surface area contributed by atoms with Gasteiger partial charge in [0, 0.05) is 0 Å². The molecule has 10 heavy (non-hydrogen) atoms. The third-order valence-corrected chi connectivity index (χ3v) is 0.347. The Morgan fingerprint density at radius 1 is 1.60 bits per heavy atom. The molecule has 0 atom stereocenters. The monoisotopic (exact) mass is 165 g/mol. The van der Waals surface area contributed by atoms with E-state index in [2.05, 4.69) is 9.68 Å². The van der Waals surface area contributed by atoms with E-state index in [4.69, 9.17) is 4.55 Å². The average molecular weight is 165 g/mol. The van der Waals surface area contributed by atoms with Gasteiger partial charge in [0.1, 0.15) is 6.26 Å². The van der Waals surface area contributed by atoms with Crippen LogP contribution in [0.15, 0.2) is 23.0 Å². The van der Waals surface area contributed by atoms with Crippen molar-refractivity contribution in [2.75, 3.05) is 6.26 Å². The number of nitrogens with zero attached hydrogens (tertiary/aromatic N) is 1. The molecule has 58 valence electrons. The third-order valence-electron chi connectivity index (χ3n) is 0.347. The molecule has 0 saturated carbocycles. The van der Waals surface area contributed by atoms with Gasteiger partial charge < -0.3 is 4.52 Å². The van der Waals surface area contributed by atoms with Crippen molar-refractivity contribution in [3.8, 4) is 0 Å². The van der Waals surface area contributed by atoms with Crippen LogP contribution in [-0.4, -0.2) is 24.4 Å². The smallest absolute Gasteiger partial charge is 0.261 e. The van der Waals surface area contributed by atoms with Crippen LogP contribution >= 0.6 is 0 Å². The maximum atomic E-state index is 9.19. The molecule has 1 rings (SSSR count). The Balaban J connectivity index is 0.000000162. The molecule has 0 unspecified atom stereocenters. The lowest BCUT2D eigenvalue weighted by atomic mass is 10.8. The van der Waals surface area contributed by atoms with Gasteiger partial charge in [-0.15, -0.1) is 0 Å². The van der Waals surface area contributed by atoms with Crippen LogP contribution in [0.5, 0.6) is 0 Å². The van der Waals surface area contributed by atoms with Crippen molar-refractivity contribution in [3.63, 3.8) is 0 Å². The number of aromatic nitrogens is 1. The highest BCUT2D eigenvalue weighted by Crippen LogP contribution is 1.72. The Kier molecular flexibility index (Phi) is 3.67. The summed E-state index contributed by atoms with van der Waals surface area (Å²) in [5, 5.41) is 3.35. The van der Waals surface area contributed by atoms with E-state index in [1.54, 1.807) is 12.3 Å². The highest BCUT2D eigenvalue weighted by Gasteiger charge is 1.81. The first-order chi connectivity index (χ1) is 4.50. The Morgan fingerprint density at radius 3 is 2.20 bits per heavy atom. The van der Waals surface area contributed by atoms with E-state index < -0.39 is 10.1 Å². The predicted molar refractivity (Wildman–Crippen MR) is 34.0 cm³/mol. The van der Waals surface area contributed by atoms with Gasteiger partial charge in [0.2, 0.25) is 0 Å². The minimum absolute atomic E-state index is 0.715. The van der Waals surface area contributed by atoms with Crippen LogP contribution in [0, 0.1) is 0 Å². The fraction of sp³-hybridized carbons (Fsp3) is 0.250. The first kappa shape index (κ1) is 9.12. The normalized spacial score (nSPS) is 9.80. The zero-order valence-electron chi connectivity index (χ0n) is 5.26. The molecule has 0 aliphatic rings. The Hall–Kier alpha value is -0.880. The van der Waals surface area contributed by atoms with Gasteiger partial charge in [-0.3, -0.25) is 4.55 Å². The van der Waals surface area contributed by atoms with Crippen molar-refractivity contribution >= 4 is 10.1 Å². The van der Waals surface area contributed by atoms with E-state index in [9.17, 15) is 8.42 Å². The SMILES string of the molecule is CS(=O)(=O)O.c1cnoc1. The standard InChI is InChI=1S/C3H3NO.CH4O3S/c1-2-4-5-3-1;1-5(2,3)4/h1-3H;1H3,(H,2,3,4). The predicted octanol–water partition coefficient (Wildman–Crippen LogP) is 0.179. The fourth-order valence-corrected chi connectivity index (χ4v) is 0.176. The summed E-state index contributed by atoms with van der Waals surface area (Å²) in [6.07, 6.45) is 3.81. The summed E-state index contributed by atoms with van der Waals surface area (Å²) < 4.78 is 30.2. The summed E-state index contributed by atoms with van der Waals surface area (Å²) in [4.78, 5) is 0. The summed E-state index contributed by atoms with van der Waals surface area (Å²) >= 11 is 0. The molecule has 0 aliphatic heterocycles. The van der Waals surface area contributed by atoms with Crippen molar-refractivity contribution in [3.05, 3.63) is 18.5 Å². The van der Waals surface area contributed by atoms with Crippen LogP contribution in [0.4, 0.5) is 0 Å².